The number of nitrogens with one attached hydrogen (secondary N) is 1. The number of benzene rings is 1. The van der Waals surface area contributed by atoms with E-state index in [-0.39, 0.29) is 0 Å². The Morgan fingerprint density at radius 2 is 1.81 bits per heavy atom. The van der Waals surface area contributed by atoms with E-state index in [2.05, 4.69) is 5.32 Å². The lowest BCUT2D eigenvalue weighted by Gasteiger charge is -2.10. The molecular weight excluding hydrogens is 270 g/mol. The highest BCUT2D eigenvalue weighted by molar-refractivity contribution is 6.02. The topological polar surface area (TPSA) is 79.5 Å². The molecule has 0 spiro atoms. The van der Waals surface area contributed by atoms with Crippen molar-refractivity contribution in [2.45, 2.75) is 26.8 Å². The van der Waals surface area contributed by atoms with Gasteiger partial charge < -0.3 is 14.8 Å². The van der Waals surface area contributed by atoms with Crippen molar-refractivity contribution in [3.05, 3.63) is 47.2 Å². The van der Waals surface area contributed by atoms with Gasteiger partial charge in [0.15, 0.2) is 0 Å². The van der Waals surface area contributed by atoms with Gasteiger partial charge in [-0.1, -0.05) is 30.3 Å². The van der Waals surface area contributed by atoms with Crippen molar-refractivity contribution in [3.8, 4) is 11.3 Å². The summed E-state index contributed by atoms with van der Waals surface area (Å²) in [6.45, 7) is 4.98. The van der Waals surface area contributed by atoms with Gasteiger partial charge in [0.2, 0.25) is 0 Å². The lowest BCUT2D eigenvalue weighted by atomic mass is 10.0. The van der Waals surface area contributed by atoms with Gasteiger partial charge in [0.05, 0.1) is 5.56 Å². The molecule has 0 unspecified atom stereocenters. The Morgan fingerprint density at radius 3 is 2.38 bits per heavy atom. The van der Waals surface area contributed by atoms with Crippen LogP contribution in [0.25, 0.3) is 11.3 Å². The van der Waals surface area contributed by atoms with Crippen LogP contribution in [0.3, 0.4) is 0 Å². The minimum atomic E-state index is -1.08. The first-order chi connectivity index (χ1) is 9.91. The quantitative estimate of drug-likeness (QED) is 0.906. The molecule has 0 bridgehead atoms. The number of furan rings is 1. The molecule has 0 saturated carbocycles. The Bertz CT molecular complexity index is 673. The van der Waals surface area contributed by atoms with Crippen LogP contribution in [0.15, 0.2) is 34.7 Å². The van der Waals surface area contributed by atoms with Gasteiger partial charge in [0.1, 0.15) is 17.6 Å². The molecule has 0 saturated heterocycles. The summed E-state index contributed by atoms with van der Waals surface area (Å²) in [6, 6.07) is 8.30. The summed E-state index contributed by atoms with van der Waals surface area (Å²) in [5, 5.41) is 11.4. The molecule has 0 aliphatic rings. The van der Waals surface area contributed by atoms with E-state index < -0.39 is 17.9 Å². The zero-order chi connectivity index (χ0) is 15.6. The van der Waals surface area contributed by atoms with Crippen molar-refractivity contribution in [1.82, 2.24) is 5.32 Å². The minimum absolute atomic E-state index is 0.381. The molecule has 1 atom stereocenters. The van der Waals surface area contributed by atoms with Gasteiger partial charge in [-0.2, -0.15) is 0 Å². The van der Waals surface area contributed by atoms with Gasteiger partial charge in [0, 0.05) is 11.1 Å². The van der Waals surface area contributed by atoms with Crippen molar-refractivity contribution < 1.29 is 19.1 Å². The third-order valence-electron chi connectivity index (χ3n) is 3.37. The zero-order valence-corrected chi connectivity index (χ0v) is 12.1. The maximum atomic E-state index is 12.4. The molecule has 110 valence electrons. The summed E-state index contributed by atoms with van der Waals surface area (Å²) >= 11 is 0. The average molecular weight is 287 g/mol. The van der Waals surface area contributed by atoms with Crippen LogP contribution in [-0.2, 0) is 4.79 Å². The largest absolute Gasteiger partial charge is 0.480 e. The Morgan fingerprint density at radius 1 is 1.19 bits per heavy atom. The molecule has 21 heavy (non-hydrogen) atoms. The number of amides is 1. The molecule has 1 heterocycles. The smallest absolute Gasteiger partial charge is 0.325 e. The maximum Gasteiger partial charge on any atom is 0.325 e. The van der Waals surface area contributed by atoms with Gasteiger partial charge in [-0.25, -0.2) is 0 Å². The van der Waals surface area contributed by atoms with Crippen LogP contribution < -0.4 is 5.32 Å². The van der Waals surface area contributed by atoms with E-state index in [0.717, 1.165) is 5.56 Å². The van der Waals surface area contributed by atoms with Gasteiger partial charge in [-0.3, -0.25) is 9.59 Å². The molecule has 2 rings (SSSR count). The first kappa shape index (κ1) is 14.8. The lowest BCUT2D eigenvalue weighted by Crippen LogP contribution is -2.38. The molecule has 0 aliphatic heterocycles. The molecule has 0 radical (unpaired) electrons. The highest BCUT2D eigenvalue weighted by Gasteiger charge is 2.24. The summed E-state index contributed by atoms with van der Waals surface area (Å²) in [7, 11) is 0. The SMILES string of the molecule is Cc1oc(-c2ccccc2)c(C(=O)N[C@H](C)C(=O)O)c1C. The lowest BCUT2D eigenvalue weighted by molar-refractivity contribution is -0.138. The summed E-state index contributed by atoms with van der Waals surface area (Å²) in [6.07, 6.45) is 0. The Balaban J connectivity index is 2.44. The van der Waals surface area contributed by atoms with Crippen LogP contribution in [-0.4, -0.2) is 23.0 Å². The highest BCUT2D eigenvalue weighted by Crippen LogP contribution is 2.30. The second kappa shape index (κ2) is 5.83. The minimum Gasteiger partial charge on any atom is -0.480 e. The Hall–Kier alpha value is -2.56. The third kappa shape index (κ3) is 2.97. The summed E-state index contributed by atoms with van der Waals surface area (Å²) in [5.41, 5.74) is 1.87. The molecular formula is C16H17NO4. The summed E-state index contributed by atoms with van der Waals surface area (Å²) < 4.78 is 5.69. The molecule has 2 N–H and O–H groups in total. The fourth-order valence-corrected chi connectivity index (χ4v) is 2.02. The first-order valence-electron chi connectivity index (χ1n) is 6.61. The first-order valence-corrected chi connectivity index (χ1v) is 6.61. The molecule has 1 aromatic heterocycles. The van der Waals surface area contributed by atoms with Gasteiger partial charge in [-0.15, -0.1) is 0 Å². The fraction of sp³-hybridized carbons (Fsp3) is 0.250. The van der Waals surface area contributed by atoms with E-state index in [1.165, 1.54) is 6.92 Å². The number of rotatable bonds is 4. The number of hydrogen-bond acceptors (Lipinski definition) is 3. The average Bonchev–Trinajstić information content (AvgIpc) is 2.75. The number of carbonyl (C=O) groups excluding carboxylic acids is 1. The van der Waals surface area contributed by atoms with Crippen LogP contribution in [0, 0.1) is 13.8 Å². The number of aliphatic carboxylic acids is 1. The highest BCUT2D eigenvalue weighted by atomic mass is 16.4. The third-order valence-corrected chi connectivity index (χ3v) is 3.37. The predicted octanol–water partition coefficient (Wildman–Crippen LogP) is 2.77. The fourth-order valence-electron chi connectivity index (χ4n) is 2.02. The van der Waals surface area contributed by atoms with E-state index in [1.807, 2.05) is 30.3 Å². The Labute approximate surface area is 122 Å². The number of carboxylic acids is 1. The number of carbonyl (C=O) groups is 2. The van der Waals surface area contributed by atoms with E-state index >= 15 is 0 Å². The Kier molecular flexibility index (Phi) is 4.12. The van der Waals surface area contributed by atoms with Crippen molar-refractivity contribution in [2.75, 3.05) is 0 Å². The normalized spacial score (nSPS) is 12.0. The second-order valence-electron chi connectivity index (χ2n) is 4.89. The molecule has 2 aromatic rings. The number of hydrogen-bond donors (Lipinski definition) is 2. The predicted molar refractivity (Wildman–Crippen MR) is 78.2 cm³/mol. The van der Waals surface area contributed by atoms with Crippen LogP contribution in [0.5, 0.6) is 0 Å². The van der Waals surface area contributed by atoms with Crippen LogP contribution in [0.2, 0.25) is 0 Å². The van der Waals surface area contributed by atoms with Crippen molar-refractivity contribution in [2.24, 2.45) is 0 Å². The standard InChI is InChI=1S/C16H17NO4/c1-9-11(3)21-14(12-7-5-4-6-8-12)13(9)15(18)17-10(2)16(19)20/h4-8,10H,1-3H3,(H,17,18)(H,19,20)/t10-/m1/s1. The van der Waals surface area contributed by atoms with Crippen LogP contribution >= 0.6 is 0 Å². The zero-order valence-electron chi connectivity index (χ0n) is 12.1. The van der Waals surface area contributed by atoms with E-state index in [0.29, 0.717) is 22.6 Å². The summed E-state index contributed by atoms with van der Waals surface area (Å²) in [4.78, 5) is 23.2. The monoisotopic (exact) mass is 287 g/mol. The van der Waals surface area contributed by atoms with Crippen molar-refractivity contribution >= 4 is 11.9 Å². The molecule has 1 amide bonds. The number of carboxylic acid groups (broad SMARTS) is 1. The van der Waals surface area contributed by atoms with Crippen LogP contribution in [0.4, 0.5) is 0 Å². The van der Waals surface area contributed by atoms with E-state index in [1.54, 1.807) is 13.8 Å². The summed E-state index contributed by atoms with van der Waals surface area (Å²) in [5.74, 6) is -0.428. The van der Waals surface area contributed by atoms with E-state index in [9.17, 15) is 9.59 Å². The van der Waals surface area contributed by atoms with Gasteiger partial charge >= 0.3 is 5.97 Å². The molecule has 0 fully saturated rings. The molecule has 5 nitrogen and oxygen atoms in total. The van der Waals surface area contributed by atoms with Crippen LogP contribution in [0.1, 0.15) is 28.6 Å². The maximum absolute atomic E-state index is 12.4. The number of aryl methyl sites for hydroxylation is 1. The van der Waals surface area contributed by atoms with Crippen molar-refractivity contribution in [1.29, 1.82) is 0 Å². The van der Waals surface area contributed by atoms with Crippen molar-refractivity contribution in [3.63, 3.8) is 0 Å². The van der Waals surface area contributed by atoms with Gasteiger partial charge in [-0.05, 0) is 20.8 Å². The van der Waals surface area contributed by atoms with Gasteiger partial charge in [0.25, 0.3) is 5.91 Å². The molecule has 0 aliphatic carbocycles. The second-order valence-corrected chi connectivity index (χ2v) is 4.89. The molecule has 5 heteroatoms. The molecule has 1 aromatic carbocycles. The van der Waals surface area contributed by atoms with E-state index in [4.69, 9.17) is 9.52 Å².